The van der Waals surface area contributed by atoms with E-state index in [9.17, 15) is 29.7 Å². The zero-order valence-corrected chi connectivity index (χ0v) is 35.3. The van der Waals surface area contributed by atoms with E-state index in [0.29, 0.717) is 25.7 Å². The van der Waals surface area contributed by atoms with Gasteiger partial charge in [0.05, 0.1) is 34.8 Å². The quantitative estimate of drug-likeness (QED) is 0.103. The van der Waals surface area contributed by atoms with Crippen molar-refractivity contribution < 1.29 is 48.7 Å². The summed E-state index contributed by atoms with van der Waals surface area (Å²) in [4.78, 5) is 57.5. The number of halogens is 2. The zero-order chi connectivity index (χ0) is 41.9. The molecule has 1 saturated carbocycles. The number of hydrogen-bond donors (Lipinski definition) is 5. The molecule has 316 valence electrons. The molecule has 0 aromatic carbocycles. The van der Waals surface area contributed by atoms with E-state index in [1.165, 1.54) is 6.07 Å². The SMILES string of the molecule is CCC1CC23OC(=O)C(=C(O)C4(CC)C(C=CC5C(OC6CC(O)C(NC(=O)c7[nH]c(Cl)cc7Cl)C(C)O6)C(C)CCC54)CCCCC=CC2(C)C=C1C(=O)O)C3=O. The average Bonchev–Trinajstić information content (AvgIpc) is 3.65. The summed E-state index contributed by atoms with van der Waals surface area (Å²) < 4.78 is 19.3. The number of carboxylic acids is 1. The number of nitrogens with one attached hydrogen (secondary N) is 2. The number of aliphatic carboxylic acids is 1. The number of carbonyl (C=O) groups is 4. The predicted molar refractivity (Wildman–Crippen MR) is 216 cm³/mol. The number of Topliss-reactive ketones (excluding diaryl/α,β-unsaturated/α-hetero) is 1. The van der Waals surface area contributed by atoms with Crippen LogP contribution in [0.2, 0.25) is 10.2 Å². The topological polar surface area (TPSA) is 184 Å². The minimum Gasteiger partial charge on any atom is -0.511 e. The lowest BCUT2D eigenvalue weighted by Crippen LogP contribution is -2.58. The molecule has 1 amide bonds. The highest BCUT2D eigenvalue weighted by atomic mass is 35.5. The molecule has 2 aliphatic heterocycles. The van der Waals surface area contributed by atoms with Gasteiger partial charge >= 0.3 is 11.9 Å². The van der Waals surface area contributed by atoms with Crippen molar-refractivity contribution in [3.63, 3.8) is 0 Å². The first-order chi connectivity index (χ1) is 27.5. The summed E-state index contributed by atoms with van der Waals surface area (Å²) in [5, 5.41) is 37.5. The standard InChI is InChI=1S/C44H56Cl2N2O10/c1-6-24-20-44-38(51)33(41(55)58-44)37(50)43(7-2)25(12-10-8-9-11-17-42(44,5)21-27(24)40(53)54)14-15-26-28(43)16-13-22(3)36(26)57-32-19-30(49)34(23(4)56-32)48-39(52)35-29(45)18-31(46)47-35/h11,14-15,17-18,21-26,28,30,32,34,36,47,49-50H,6-10,12-13,16,19-20H2,1-5H3,(H,48,52)(H,53,54). The fourth-order valence-electron chi connectivity index (χ4n) is 11.3. The van der Waals surface area contributed by atoms with Gasteiger partial charge in [0, 0.05) is 29.7 Å². The van der Waals surface area contributed by atoms with E-state index in [-0.39, 0.29) is 69.3 Å². The molecule has 1 aromatic heterocycles. The number of aromatic nitrogens is 1. The molecule has 58 heavy (non-hydrogen) atoms. The molecule has 1 spiro atoms. The van der Waals surface area contributed by atoms with Gasteiger partial charge in [-0.15, -0.1) is 0 Å². The maximum atomic E-state index is 15.1. The Morgan fingerprint density at radius 3 is 2.52 bits per heavy atom. The Hall–Kier alpha value is -3.42. The molecule has 2 saturated heterocycles. The van der Waals surface area contributed by atoms with Crippen LogP contribution in [0, 0.1) is 40.4 Å². The summed E-state index contributed by atoms with van der Waals surface area (Å²) in [5.41, 5.74) is -4.03. The van der Waals surface area contributed by atoms with E-state index in [0.717, 1.165) is 25.7 Å². The van der Waals surface area contributed by atoms with Crippen LogP contribution in [0.25, 0.3) is 0 Å². The van der Waals surface area contributed by atoms with Crippen LogP contribution in [-0.4, -0.2) is 80.2 Å². The maximum Gasteiger partial charge on any atom is 0.346 e. The molecule has 2 bridgehead atoms. The Morgan fingerprint density at radius 1 is 1.10 bits per heavy atom. The largest absolute Gasteiger partial charge is 0.511 e. The highest BCUT2D eigenvalue weighted by molar-refractivity contribution is 6.36. The van der Waals surface area contributed by atoms with E-state index in [1.807, 2.05) is 26.0 Å². The van der Waals surface area contributed by atoms with Crippen LogP contribution in [0.3, 0.4) is 0 Å². The van der Waals surface area contributed by atoms with Crippen molar-refractivity contribution >= 4 is 46.8 Å². The number of esters is 1. The third kappa shape index (κ3) is 6.98. The lowest BCUT2D eigenvalue weighted by atomic mass is 9.50. The molecular weight excluding hydrogens is 787 g/mol. The summed E-state index contributed by atoms with van der Waals surface area (Å²) in [6.45, 7) is 9.47. The highest BCUT2D eigenvalue weighted by Gasteiger charge is 2.67. The molecule has 7 rings (SSSR count). The summed E-state index contributed by atoms with van der Waals surface area (Å²) in [6, 6.07) is 0.674. The molecule has 0 radical (unpaired) electrons. The predicted octanol–water partition coefficient (Wildman–Crippen LogP) is 7.80. The second-order valence-electron chi connectivity index (χ2n) is 17.6. The summed E-state index contributed by atoms with van der Waals surface area (Å²) in [5.74, 6) is -4.44. The van der Waals surface area contributed by atoms with Crippen molar-refractivity contribution in [2.24, 2.45) is 40.4 Å². The Kier molecular flexibility index (Phi) is 11.9. The van der Waals surface area contributed by atoms with Gasteiger partial charge in [-0.2, -0.15) is 0 Å². The number of H-pyrrole nitrogens is 1. The maximum absolute atomic E-state index is 15.1. The minimum absolute atomic E-state index is 0.00395. The van der Waals surface area contributed by atoms with Crippen LogP contribution in [0.15, 0.2) is 53.4 Å². The fourth-order valence-corrected chi connectivity index (χ4v) is 11.8. The molecule has 3 heterocycles. The van der Waals surface area contributed by atoms with Crippen molar-refractivity contribution in [1.82, 2.24) is 10.3 Å². The van der Waals surface area contributed by atoms with E-state index < -0.39 is 76.6 Å². The Morgan fingerprint density at radius 2 is 1.86 bits per heavy atom. The third-order valence-electron chi connectivity index (χ3n) is 14.5. The lowest BCUT2D eigenvalue weighted by Gasteiger charge is -2.55. The number of aliphatic hydroxyl groups is 2. The fraction of sp³-hybridized carbons (Fsp3) is 0.636. The molecule has 5 N–H and O–H groups in total. The number of fused-ring (bicyclic) bond motifs is 4. The smallest absolute Gasteiger partial charge is 0.346 e. The second-order valence-corrected chi connectivity index (χ2v) is 18.4. The molecule has 13 unspecified atom stereocenters. The van der Waals surface area contributed by atoms with Gasteiger partial charge in [-0.1, -0.05) is 80.8 Å². The van der Waals surface area contributed by atoms with Crippen LogP contribution in [0.4, 0.5) is 0 Å². The van der Waals surface area contributed by atoms with Crippen molar-refractivity contribution in [3.05, 3.63) is 69.2 Å². The van der Waals surface area contributed by atoms with E-state index in [1.54, 1.807) is 19.9 Å². The zero-order valence-electron chi connectivity index (χ0n) is 33.8. The average molecular weight is 844 g/mol. The van der Waals surface area contributed by atoms with Gasteiger partial charge in [0.25, 0.3) is 5.91 Å². The molecule has 1 aromatic rings. The molecular formula is C44H56Cl2N2O10. The van der Waals surface area contributed by atoms with Crippen molar-refractivity contribution in [2.45, 2.75) is 135 Å². The van der Waals surface area contributed by atoms with E-state index in [4.69, 9.17) is 37.4 Å². The number of rotatable bonds is 7. The number of carbonyl (C=O) groups excluding carboxylic acids is 3. The molecule has 13 atom stereocenters. The van der Waals surface area contributed by atoms with Gasteiger partial charge in [0.1, 0.15) is 22.2 Å². The first kappa shape index (κ1) is 42.7. The van der Waals surface area contributed by atoms with Crippen molar-refractivity contribution in [1.29, 1.82) is 0 Å². The number of carboxylic acid groups (broad SMARTS) is 1. The summed E-state index contributed by atoms with van der Waals surface area (Å²) >= 11 is 12.2. The first-order valence-corrected chi connectivity index (χ1v) is 21.6. The number of hydrogen-bond acceptors (Lipinski definition) is 9. The van der Waals surface area contributed by atoms with Crippen molar-refractivity contribution in [3.8, 4) is 0 Å². The second kappa shape index (κ2) is 16.2. The van der Waals surface area contributed by atoms with Crippen LogP contribution in [0.1, 0.15) is 109 Å². The number of allylic oxidation sites excluding steroid dienone is 3. The summed E-state index contributed by atoms with van der Waals surface area (Å²) in [7, 11) is 0. The van der Waals surface area contributed by atoms with Gasteiger partial charge < -0.3 is 39.8 Å². The number of ketones is 1. The normalized spacial score (nSPS) is 40.2. The monoisotopic (exact) mass is 842 g/mol. The van der Waals surface area contributed by atoms with Crippen molar-refractivity contribution in [2.75, 3.05) is 0 Å². The highest BCUT2D eigenvalue weighted by Crippen LogP contribution is 2.61. The Labute approximate surface area is 349 Å². The van der Waals surface area contributed by atoms with Gasteiger partial charge in [-0.3, -0.25) is 9.59 Å². The van der Waals surface area contributed by atoms with Crippen LogP contribution >= 0.6 is 23.2 Å². The van der Waals surface area contributed by atoms with Gasteiger partial charge in [-0.05, 0) is 88.5 Å². The molecule has 4 aliphatic carbocycles. The molecule has 6 aliphatic rings. The number of ether oxygens (including phenoxy) is 3. The van der Waals surface area contributed by atoms with Crippen LogP contribution in [0.5, 0.6) is 0 Å². The minimum atomic E-state index is -1.72. The van der Waals surface area contributed by atoms with E-state index >= 15 is 4.79 Å². The van der Waals surface area contributed by atoms with Gasteiger partial charge in [0.15, 0.2) is 11.9 Å². The summed E-state index contributed by atoms with van der Waals surface area (Å²) in [6.07, 6.45) is 12.3. The van der Waals surface area contributed by atoms with Crippen LogP contribution < -0.4 is 5.32 Å². The molecule has 3 fully saturated rings. The number of amides is 1. The molecule has 12 nitrogen and oxygen atoms in total. The first-order valence-electron chi connectivity index (χ1n) is 20.9. The molecule has 14 heteroatoms. The van der Waals surface area contributed by atoms with Crippen LogP contribution in [-0.2, 0) is 28.6 Å². The Balaban J connectivity index is 1.21. The lowest BCUT2D eigenvalue weighted by molar-refractivity contribution is -0.258. The number of aliphatic hydroxyl groups excluding tert-OH is 2. The number of aromatic amines is 1. The Bertz CT molecular complexity index is 1940. The third-order valence-corrected chi connectivity index (χ3v) is 15.0. The van der Waals surface area contributed by atoms with Gasteiger partial charge in [-0.25, -0.2) is 9.59 Å². The van der Waals surface area contributed by atoms with E-state index in [2.05, 4.69) is 29.4 Å². The van der Waals surface area contributed by atoms with Gasteiger partial charge in [0.2, 0.25) is 5.78 Å².